The van der Waals surface area contributed by atoms with Crippen LogP contribution in [0.15, 0.2) is 18.2 Å². The lowest BCUT2D eigenvalue weighted by atomic mass is 10.2. The summed E-state index contributed by atoms with van der Waals surface area (Å²) in [6.45, 7) is 1.92. The number of benzene rings is 1. The summed E-state index contributed by atoms with van der Waals surface area (Å²) in [4.78, 5) is 12.4. The molecule has 5 nitrogen and oxygen atoms in total. The van der Waals surface area contributed by atoms with Gasteiger partial charge in [-0.15, -0.1) is 0 Å². The Morgan fingerprint density at radius 1 is 1.35 bits per heavy atom. The number of nitrogens with two attached hydrogens (primary N) is 1. The van der Waals surface area contributed by atoms with Gasteiger partial charge < -0.3 is 10.6 Å². The maximum Gasteiger partial charge on any atom is 0.271 e. The van der Waals surface area contributed by atoms with Gasteiger partial charge >= 0.3 is 0 Å². The molecular formula is C11H15N3O2S. The Morgan fingerprint density at radius 3 is 2.88 bits per heavy atom. The Labute approximate surface area is 104 Å². The third-order valence-corrected chi connectivity index (χ3v) is 3.83. The minimum Gasteiger partial charge on any atom is -0.397 e. The molecule has 1 fully saturated rings. The number of nitro groups is 1. The first-order chi connectivity index (χ1) is 8.18. The van der Waals surface area contributed by atoms with Crippen LogP contribution in [-0.4, -0.2) is 29.5 Å². The van der Waals surface area contributed by atoms with Crippen molar-refractivity contribution in [1.29, 1.82) is 0 Å². The van der Waals surface area contributed by atoms with E-state index >= 15 is 0 Å². The van der Waals surface area contributed by atoms with E-state index in [9.17, 15) is 10.1 Å². The highest BCUT2D eigenvalue weighted by molar-refractivity contribution is 7.99. The second-order valence-corrected chi connectivity index (χ2v) is 5.18. The van der Waals surface area contributed by atoms with Gasteiger partial charge in [-0.1, -0.05) is 0 Å². The van der Waals surface area contributed by atoms with Crippen LogP contribution in [0, 0.1) is 10.1 Å². The Hall–Kier alpha value is -1.43. The SMILES string of the molecule is Nc1cc([N+](=O)[O-])ccc1N1CCCSCC1. The van der Waals surface area contributed by atoms with Gasteiger partial charge in [0, 0.05) is 31.0 Å². The summed E-state index contributed by atoms with van der Waals surface area (Å²) in [6.07, 6.45) is 1.13. The average Bonchev–Trinajstić information content (AvgIpc) is 2.57. The van der Waals surface area contributed by atoms with Crippen molar-refractivity contribution in [2.45, 2.75) is 6.42 Å². The molecule has 0 radical (unpaired) electrons. The first kappa shape index (κ1) is 12.0. The van der Waals surface area contributed by atoms with E-state index in [2.05, 4.69) is 4.90 Å². The number of rotatable bonds is 2. The van der Waals surface area contributed by atoms with Crippen LogP contribution in [0.1, 0.15) is 6.42 Å². The van der Waals surface area contributed by atoms with Gasteiger partial charge in [-0.3, -0.25) is 10.1 Å². The molecule has 0 unspecified atom stereocenters. The topological polar surface area (TPSA) is 72.4 Å². The number of hydrogen-bond acceptors (Lipinski definition) is 5. The summed E-state index contributed by atoms with van der Waals surface area (Å²) in [5.74, 6) is 2.25. The summed E-state index contributed by atoms with van der Waals surface area (Å²) in [5.41, 5.74) is 7.35. The maximum atomic E-state index is 10.6. The van der Waals surface area contributed by atoms with E-state index in [1.54, 1.807) is 6.07 Å². The Balaban J connectivity index is 2.22. The van der Waals surface area contributed by atoms with Crippen molar-refractivity contribution in [3.8, 4) is 0 Å². The highest BCUT2D eigenvalue weighted by Gasteiger charge is 2.15. The molecule has 1 aromatic rings. The Kier molecular flexibility index (Phi) is 3.73. The summed E-state index contributed by atoms with van der Waals surface area (Å²) in [6, 6.07) is 4.71. The summed E-state index contributed by atoms with van der Waals surface area (Å²) < 4.78 is 0. The van der Waals surface area contributed by atoms with Crippen LogP contribution < -0.4 is 10.6 Å². The van der Waals surface area contributed by atoms with Crippen LogP contribution in [0.4, 0.5) is 17.1 Å². The molecule has 2 N–H and O–H groups in total. The Morgan fingerprint density at radius 2 is 2.18 bits per heavy atom. The lowest BCUT2D eigenvalue weighted by Crippen LogP contribution is -2.26. The zero-order valence-electron chi connectivity index (χ0n) is 9.46. The average molecular weight is 253 g/mol. The van der Waals surface area contributed by atoms with E-state index < -0.39 is 4.92 Å². The number of nitro benzene ring substituents is 1. The molecule has 1 heterocycles. The normalized spacial score (nSPS) is 16.6. The van der Waals surface area contributed by atoms with Crippen molar-refractivity contribution in [3.63, 3.8) is 0 Å². The van der Waals surface area contributed by atoms with Crippen LogP contribution in [0.25, 0.3) is 0 Å². The second-order valence-electron chi connectivity index (χ2n) is 3.95. The maximum absolute atomic E-state index is 10.6. The lowest BCUT2D eigenvalue weighted by Gasteiger charge is -2.23. The molecule has 0 atom stereocenters. The van der Waals surface area contributed by atoms with E-state index in [0.29, 0.717) is 5.69 Å². The number of nitrogen functional groups attached to an aromatic ring is 1. The zero-order chi connectivity index (χ0) is 12.3. The molecule has 0 amide bonds. The fourth-order valence-electron chi connectivity index (χ4n) is 1.93. The monoisotopic (exact) mass is 253 g/mol. The molecule has 0 saturated carbocycles. The molecule has 17 heavy (non-hydrogen) atoms. The van der Waals surface area contributed by atoms with E-state index in [0.717, 1.165) is 31.0 Å². The van der Waals surface area contributed by atoms with Crippen molar-refractivity contribution in [2.75, 3.05) is 35.2 Å². The molecule has 0 bridgehead atoms. The first-order valence-corrected chi connectivity index (χ1v) is 6.70. The van der Waals surface area contributed by atoms with Crippen LogP contribution in [0.5, 0.6) is 0 Å². The predicted molar refractivity (Wildman–Crippen MR) is 71.7 cm³/mol. The third kappa shape index (κ3) is 2.82. The minimum absolute atomic E-state index is 0.0513. The van der Waals surface area contributed by atoms with Gasteiger partial charge in [0.1, 0.15) is 0 Å². The molecule has 0 spiro atoms. The molecular weight excluding hydrogens is 238 g/mol. The number of anilines is 2. The Bertz CT molecular complexity index is 417. The van der Waals surface area contributed by atoms with Gasteiger partial charge in [0.15, 0.2) is 0 Å². The van der Waals surface area contributed by atoms with Crippen LogP contribution >= 0.6 is 11.8 Å². The number of hydrogen-bond donors (Lipinski definition) is 1. The highest BCUT2D eigenvalue weighted by atomic mass is 32.2. The fraction of sp³-hybridized carbons (Fsp3) is 0.455. The number of non-ortho nitro benzene ring substituents is 1. The summed E-state index contributed by atoms with van der Waals surface area (Å²) in [7, 11) is 0. The number of nitrogens with zero attached hydrogens (tertiary/aromatic N) is 2. The van der Waals surface area contributed by atoms with Gasteiger partial charge in [0.2, 0.25) is 0 Å². The number of thioether (sulfide) groups is 1. The lowest BCUT2D eigenvalue weighted by molar-refractivity contribution is -0.384. The molecule has 1 aliphatic rings. The van der Waals surface area contributed by atoms with Crippen molar-refractivity contribution >= 4 is 28.8 Å². The second kappa shape index (κ2) is 5.27. The molecule has 1 aliphatic heterocycles. The van der Waals surface area contributed by atoms with Crippen molar-refractivity contribution in [2.24, 2.45) is 0 Å². The molecule has 0 aromatic heterocycles. The first-order valence-electron chi connectivity index (χ1n) is 5.55. The summed E-state index contributed by atoms with van der Waals surface area (Å²) in [5, 5.41) is 10.6. The fourth-order valence-corrected chi connectivity index (χ4v) is 2.82. The molecule has 2 rings (SSSR count). The zero-order valence-corrected chi connectivity index (χ0v) is 10.3. The molecule has 92 valence electrons. The third-order valence-electron chi connectivity index (χ3n) is 2.78. The molecule has 1 saturated heterocycles. The van der Waals surface area contributed by atoms with Crippen molar-refractivity contribution in [1.82, 2.24) is 0 Å². The van der Waals surface area contributed by atoms with Gasteiger partial charge in [-0.2, -0.15) is 11.8 Å². The van der Waals surface area contributed by atoms with Gasteiger partial charge in [0.05, 0.1) is 16.3 Å². The van der Waals surface area contributed by atoms with E-state index in [-0.39, 0.29) is 5.69 Å². The van der Waals surface area contributed by atoms with E-state index in [1.807, 2.05) is 11.8 Å². The smallest absolute Gasteiger partial charge is 0.271 e. The van der Waals surface area contributed by atoms with Gasteiger partial charge in [-0.05, 0) is 18.2 Å². The van der Waals surface area contributed by atoms with Gasteiger partial charge in [-0.25, -0.2) is 0 Å². The minimum atomic E-state index is -0.418. The predicted octanol–water partition coefficient (Wildman–Crippen LogP) is 2.12. The van der Waals surface area contributed by atoms with E-state index in [4.69, 9.17) is 5.73 Å². The molecule has 6 heteroatoms. The highest BCUT2D eigenvalue weighted by Crippen LogP contribution is 2.29. The van der Waals surface area contributed by atoms with E-state index in [1.165, 1.54) is 17.9 Å². The van der Waals surface area contributed by atoms with Crippen LogP contribution in [0.2, 0.25) is 0 Å². The largest absolute Gasteiger partial charge is 0.397 e. The summed E-state index contributed by atoms with van der Waals surface area (Å²) >= 11 is 1.94. The molecule has 0 aliphatic carbocycles. The van der Waals surface area contributed by atoms with Crippen LogP contribution in [-0.2, 0) is 0 Å². The van der Waals surface area contributed by atoms with Crippen LogP contribution in [0.3, 0.4) is 0 Å². The quantitative estimate of drug-likeness (QED) is 0.496. The molecule has 1 aromatic carbocycles. The standard InChI is InChI=1S/C11H15N3O2S/c12-10-8-9(14(15)16)2-3-11(10)13-4-1-6-17-7-5-13/h2-3,8H,1,4-7,12H2. The van der Waals surface area contributed by atoms with Crippen molar-refractivity contribution < 1.29 is 4.92 Å². The van der Waals surface area contributed by atoms with Gasteiger partial charge in [0.25, 0.3) is 5.69 Å². The van der Waals surface area contributed by atoms with Crippen molar-refractivity contribution in [3.05, 3.63) is 28.3 Å².